The number of anilines is 5. The largest absolute Gasteiger partial charge is 0.454 e. The number of hydrogen-bond donors (Lipinski definition) is 0. The van der Waals surface area contributed by atoms with Crippen LogP contribution in [0.3, 0.4) is 0 Å². The lowest BCUT2D eigenvalue weighted by Crippen LogP contribution is -2.61. The molecule has 0 saturated carbocycles. The van der Waals surface area contributed by atoms with Crippen molar-refractivity contribution in [3.63, 3.8) is 0 Å². The predicted molar refractivity (Wildman–Crippen MR) is 254 cm³/mol. The van der Waals surface area contributed by atoms with Gasteiger partial charge >= 0.3 is 6.85 Å². The molecule has 0 amide bonds. The maximum absolute atomic E-state index is 7.08. The Kier molecular flexibility index (Phi) is 8.22. The van der Waals surface area contributed by atoms with Gasteiger partial charge in [0.15, 0.2) is 5.58 Å². The molecular formula is C55H53BN2O. The van der Waals surface area contributed by atoms with Gasteiger partial charge in [-0.25, -0.2) is 0 Å². The van der Waals surface area contributed by atoms with Crippen molar-refractivity contribution in [3.8, 4) is 22.3 Å². The minimum Gasteiger partial charge on any atom is -0.454 e. The number of rotatable bonds is 3. The standard InChI is InChI=1S/C55H53BN2O/c1-34-30-44-40-26-22-38(55(8,9)10)33-47(40)58(39-24-20-36(21-25-39)53(2,3)4)56-45-28-27-42-41-18-14-15-19-49(41)59-52(42)51(45)57(48(31-34)50(44)56)46-29-23-37(54(5,6)7)32-43(46)35-16-12-11-13-17-35/h11-33H,1-10H3. The van der Waals surface area contributed by atoms with Gasteiger partial charge in [0.25, 0.3) is 0 Å². The van der Waals surface area contributed by atoms with Crippen molar-refractivity contribution in [2.24, 2.45) is 0 Å². The second kappa shape index (κ2) is 13.0. The number of para-hydroxylation sites is 1. The van der Waals surface area contributed by atoms with Gasteiger partial charge in [-0.1, -0.05) is 159 Å². The SMILES string of the molecule is Cc1cc2c3c(c1)N(c1ccc(C(C)(C)C)cc1-c1ccccc1)c1c(ccc4c1oc1ccccc14)B3N(c1ccc(C(C)(C)C)cc1)c1cc(C(C)(C)C)ccc1-2. The van der Waals surface area contributed by atoms with Crippen molar-refractivity contribution in [2.75, 3.05) is 9.71 Å². The van der Waals surface area contributed by atoms with Gasteiger partial charge in [-0.3, -0.25) is 0 Å². The molecule has 0 fully saturated rings. The summed E-state index contributed by atoms with van der Waals surface area (Å²) < 4.78 is 7.08. The van der Waals surface area contributed by atoms with Gasteiger partial charge < -0.3 is 14.1 Å². The van der Waals surface area contributed by atoms with E-state index in [4.69, 9.17) is 4.42 Å². The first-order valence-electron chi connectivity index (χ1n) is 21.2. The molecule has 10 rings (SSSR count). The van der Waals surface area contributed by atoms with Crippen LogP contribution < -0.4 is 20.6 Å². The Balaban J connectivity index is 1.35. The van der Waals surface area contributed by atoms with Crippen LogP contribution in [-0.2, 0) is 16.2 Å². The molecule has 0 unspecified atom stereocenters. The number of furan rings is 1. The van der Waals surface area contributed by atoms with Crippen LogP contribution in [0.2, 0.25) is 0 Å². The van der Waals surface area contributed by atoms with Crippen molar-refractivity contribution in [1.29, 1.82) is 0 Å². The van der Waals surface area contributed by atoms with Crippen molar-refractivity contribution in [3.05, 3.63) is 162 Å². The van der Waals surface area contributed by atoms with E-state index < -0.39 is 0 Å². The van der Waals surface area contributed by atoms with E-state index in [1.807, 2.05) is 0 Å². The first-order valence-corrected chi connectivity index (χ1v) is 21.2. The van der Waals surface area contributed by atoms with Crippen molar-refractivity contribution < 1.29 is 4.42 Å². The number of fused-ring (bicyclic) bond motifs is 8. The highest BCUT2D eigenvalue weighted by molar-refractivity contribution is 6.94. The van der Waals surface area contributed by atoms with Crippen LogP contribution in [0, 0.1) is 6.92 Å². The Morgan fingerprint density at radius 2 is 1.14 bits per heavy atom. The van der Waals surface area contributed by atoms with E-state index in [0.29, 0.717) is 0 Å². The zero-order valence-electron chi connectivity index (χ0n) is 36.2. The van der Waals surface area contributed by atoms with Gasteiger partial charge in [-0.15, -0.1) is 0 Å². The molecule has 2 aliphatic rings. The lowest BCUT2D eigenvalue weighted by molar-refractivity contribution is 0.590. The number of benzene rings is 7. The van der Waals surface area contributed by atoms with Crippen LogP contribution in [0.25, 0.3) is 44.2 Å². The number of aryl methyl sites for hydroxylation is 1. The van der Waals surface area contributed by atoms with E-state index in [9.17, 15) is 0 Å². The number of hydrogen-bond acceptors (Lipinski definition) is 3. The summed E-state index contributed by atoms with van der Waals surface area (Å²) in [6.45, 7) is 22.9. The summed E-state index contributed by atoms with van der Waals surface area (Å²) in [5.74, 6) is 0. The molecule has 0 bridgehead atoms. The predicted octanol–water partition coefficient (Wildman–Crippen LogP) is 14.2. The fourth-order valence-electron chi connectivity index (χ4n) is 9.53. The monoisotopic (exact) mass is 768 g/mol. The van der Waals surface area contributed by atoms with Gasteiger partial charge in [0, 0.05) is 39.0 Å². The van der Waals surface area contributed by atoms with Gasteiger partial charge in [0.05, 0.1) is 11.4 Å². The van der Waals surface area contributed by atoms with E-state index in [1.54, 1.807) is 0 Å². The molecule has 292 valence electrons. The summed E-state index contributed by atoms with van der Waals surface area (Å²) >= 11 is 0. The third-order valence-electron chi connectivity index (χ3n) is 12.8. The average Bonchev–Trinajstić information content (AvgIpc) is 3.59. The van der Waals surface area contributed by atoms with Crippen molar-refractivity contribution in [1.82, 2.24) is 0 Å². The summed E-state index contributed by atoms with van der Waals surface area (Å²) in [4.78, 5) is 5.18. The van der Waals surface area contributed by atoms with E-state index in [2.05, 4.69) is 218 Å². The fourth-order valence-corrected chi connectivity index (χ4v) is 9.53. The van der Waals surface area contributed by atoms with E-state index in [-0.39, 0.29) is 23.1 Å². The summed E-state index contributed by atoms with van der Waals surface area (Å²) in [6.07, 6.45) is 0. The molecule has 0 atom stereocenters. The second-order valence-electron chi connectivity index (χ2n) is 20.0. The summed E-state index contributed by atoms with van der Waals surface area (Å²) in [7, 11) is 0. The average molecular weight is 769 g/mol. The smallest absolute Gasteiger partial charge is 0.333 e. The van der Waals surface area contributed by atoms with E-state index >= 15 is 0 Å². The molecule has 2 aliphatic heterocycles. The Bertz CT molecular complexity index is 2950. The minimum absolute atomic E-state index is 0.0242. The minimum atomic E-state index is -0.123. The second-order valence-corrected chi connectivity index (χ2v) is 20.0. The molecule has 8 aromatic rings. The molecule has 0 saturated heterocycles. The van der Waals surface area contributed by atoms with Crippen LogP contribution in [0.15, 0.2) is 144 Å². The molecule has 0 radical (unpaired) electrons. The first kappa shape index (κ1) is 37.3. The van der Waals surface area contributed by atoms with Crippen molar-refractivity contribution in [2.45, 2.75) is 85.5 Å². The fraction of sp³-hybridized carbons (Fsp3) is 0.236. The van der Waals surface area contributed by atoms with E-state index in [1.165, 1.54) is 72.5 Å². The Morgan fingerprint density at radius 1 is 0.492 bits per heavy atom. The molecule has 4 heteroatoms. The zero-order chi connectivity index (χ0) is 41.2. The van der Waals surface area contributed by atoms with Crippen LogP contribution in [0.4, 0.5) is 28.4 Å². The van der Waals surface area contributed by atoms with Crippen LogP contribution >= 0.6 is 0 Å². The molecule has 1 aromatic heterocycles. The Labute approximate surface area is 350 Å². The third-order valence-corrected chi connectivity index (χ3v) is 12.8. The summed E-state index contributed by atoms with van der Waals surface area (Å²) in [5.41, 5.74) is 20.3. The molecule has 0 spiro atoms. The quantitative estimate of drug-likeness (QED) is 0.167. The van der Waals surface area contributed by atoms with Gasteiger partial charge in [-0.2, -0.15) is 0 Å². The lowest BCUT2D eigenvalue weighted by Gasteiger charge is -2.46. The summed E-state index contributed by atoms with van der Waals surface area (Å²) in [6, 6.07) is 52.6. The molecule has 3 heterocycles. The van der Waals surface area contributed by atoms with E-state index in [0.717, 1.165) is 33.3 Å². The van der Waals surface area contributed by atoms with Crippen molar-refractivity contribution >= 4 is 68.1 Å². The van der Waals surface area contributed by atoms with Crippen LogP contribution in [0.5, 0.6) is 0 Å². The highest BCUT2D eigenvalue weighted by atomic mass is 16.3. The van der Waals surface area contributed by atoms with Gasteiger partial charge in [-0.05, 0) is 110 Å². The summed E-state index contributed by atoms with van der Waals surface area (Å²) in [5, 5.41) is 2.26. The highest BCUT2D eigenvalue weighted by Gasteiger charge is 2.47. The number of nitrogens with zero attached hydrogens (tertiary/aromatic N) is 2. The van der Waals surface area contributed by atoms with Crippen LogP contribution in [-0.4, -0.2) is 6.85 Å². The molecule has 7 aromatic carbocycles. The Morgan fingerprint density at radius 3 is 1.85 bits per heavy atom. The van der Waals surface area contributed by atoms with Gasteiger partial charge in [0.2, 0.25) is 0 Å². The Hall–Kier alpha value is -6.00. The maximum atomic E-state index is 7.08. The first-order chi connectivity index (χ1) is 28.1. The topological polar surface area (TPSA) is 19.6 Å². The lowest BCUT2D eigenvalue weighted by atomic mass is 9.43. The highest BCUT2D eigenvalue weighted by Crippen LogP contribution is 2.52. The molecule has 0 N–H and O–H groups in total. The molecule has 0 aliphatic carbocycles. The molecule has 3 nitrogen and oxygen atoms in total. The normalized spacial score (nSPS) is 13.8. The van der Waals surface area contributed by atoms with Crippen LogP contribution in [0.1, 0.15) is 84.6 Å². The van der Waals surface area contributed by atoms with Gasteiger partial charge in [0.1, 0.15) is 5.58 Å². The molecule has 59 heavy (non-hydrogen) atoms. The maximum Gasteiger partial charge on any atom is 0.333 e. The molecular weight excluding hydrogens is 715 g/mol. The zero-order valence-corrected chi connectivity index (χ0v) is 36.2. The third kappa shape index (κ3) is 5.94.